The molecule has 0 spiro atoms. The lowest BCUT2D eigenvalue weighted by molar-refractivity contribution is 0.423. The molecule has 0 bridgehead atoms. The van der Waals surface area contributed by atoms with Gasteiger partial charge in [-0.3, -0.25) is 0 Å². The van der Waals surface area contributed by atoms with Crippen LogP contribution in [-0.2, 0) is 15.6 Å². The molecule has 0 aliphatic rings. The van der Waals surface area contributed by atoms with Gasteiger partial charge >= 0.3 is 0 Å². The molecule has 0 aliphatic carbocycles. The number of aromatic nitrogens is 3. The Kier molecular flexibility index (Phi) is 2.80. The topological polar surface area (TPSA) is 112 Å². The molecule has 0 atom stereocenters. The Morgan fingerprint density at radius 3 is 2.76 bits per heavy atom. The molecule has 0 saturated carbocycles. The molecule has 0 aliphatic heterocycles. The standard InChI is InChI=1S/C9H10N4O3S/c1-17(14,15)5-8-12-9(16-13-8)7-3-2-6(10)4-11-7/h2-4H,5,10H2,1H3. The molecule has 17 heavy (non-hydrogen) atoms. The minimum Gasteiger partial charge on any atom is -0.397 e. The molecular formula is C9H10N4O3S. The Morgan fingerprint density at radius 1 is 1.41 bits per heavy atom. The van der Waals surface area contributed by atoms with Crippen LogP contribution in [0.1, 0.15) is 5.82 Å². The Balaban J connectivity index is 2.27. The van der Waals surface area contributed by atoms with E-state index in [1.54, 1.807) is 12.1 Å². The number of nitrogens with zero attached hydrogens (tertiary/aromatic N) is 3. The summed E-state index contributed by atoms with van der Waals surface area (Å²) in [5, 5.41) is 3.56. The maximum atomic E-state index is 11.0. The third-order valence-electron chi connectivity index (χ3n) is 1.86. The molecular weight excluding hydrogens is 244 g/mol. The minimum absolute atomic E-state index is 0.112. The fourth-order valence-electron chi connectivity index (χ4n) is 1.18. The average Bonchev–Trinajstić information content (AvgIpc) is 2.64. The molecule has 2 heterocycles. The van der Waals surface area contributed by atoms with Crippen molar-refractivity contribution in [1.29, 1.82) is 0 Å². The number of nitrogen functional groups attached to an aromatic ring is 1. The first kappa shape index (κ1) is 11.5. The molecule has 90 valence electrons. The molecule has 0 aromatic carbocycles. The zero-order valence-electron chi connectivity index (χ0n) is 8.99. The van der Waals surface area contributed by atoms with Crippen LogP contribution in [0.2, 0.25) is 0 Å². The van der Waals surface area contributed by atoms with E-state index in [-0.39, 0.29) is 17.5 Å². The van der Waals surface area contributed by atoms with E-state index >= 15 is 0 Å². The van der Waals surface area contributed by atoms with Gasteiger partial charge in [0.15, 0.2) is 15.7 Å². The highest BCUT2D eigenvalue weighted by molar-refractivity contribution is 7.89. The van der Waals surface area contributed by atoms with Gasteiger partial charge in [-0.15, -0.1) is 0 Å². The second kappa shape index (κ2) is 4.13. The van der Waals surface area contributed by atoms with E-state index in [1.807, 2.05) is 0 Å². The largest absolute Gasteiger partial charge is 0.397 e. The van der Waals surface area contributed by atoms with E-state index < -0.39 is 9.84 Å². The van der Waals surface area contributed by atoms with Crippen molar-refractivity contribution in [2.45, 2.75) is 5.75 Å². The van der Waals surface area contributed by atoms with Crippen molar-refractivity contribution in [2.24, 2.45) is 0 Å². The molecule has 2 aromatic rings. The number of sulfone groups is 1. The quantitative estimate of drug-likeness (QED) is 0.835. The molecule has 2 rings (SSSR count). The van der Waals surface area contributed by atoms with Gasteiger partial charge in [-0.25, -0.2) is 13.4 Å². The van der Waals surface area contributed by atoms with Crippen LogP contribution in [0.4, 0.5) is 5.69 Å². The van der Waals surface area contributed by atoms with Crippen molar-refractivity contribution < 1.29 is 12.9 Å². The summed E-state index contributed by atoms with van der Waals surface area (Å²) in [7, 11) is -3.18. The van der Waals surface area contributed by atoms with E-state index in [0.717, 1.165) is 6.26 Å². The van der Waals surface area contributed by atoms with Crippen molar-refractivity contribution >= 4 is 15.5 Å². The molecule has 0 saturated heterocycles. The lowest BCUT2D eigenvalue weighted by Crippen LogP contribution is -2.02. The summed E-state index contributed by atoms with van der Waals surface area (Å²) in [6, 6.07) is 3.26. The molecule has 0 amide bonds. The number of rotatable bonds is 3. The van der Waals surface area contributed by atoms with Crippen LogP contribution in [0, 0.1) is 0 Å². The van der Waals surface area contributed by atoms with E-state index in [0.29, 0.717) is 11.4 Å². The Bertz CT molecular complexity index is 618. The van der Waals surface area contributed by atoms with Gasteiger partial charge in [0.2, 0.25) is 0 Å². The molecule has 0 unspecified atom stereocenters. The van der Waals surface area contributed by atoms with Gasteiger partial charge in [-0.05, 0) is 12.1 Å². The monoisotopic (exact) mass is 254 g/mol. The minimum atomic E-state index is -3.18. The predicted octanol–water partition coefficient (Wildman–Crippen LogP) is 0.258. The maximum absolute atomic E-state index is 11.0. The zero-order valence-corrected chi connectivity index (χ0v) is 9.81. The van der Waals surface area contributed by atoms with E-state index in [4.69, 9.17) is 10.3 Å². The Hall–Kier alpha value is -1.96. The SMILES string of the molecule is CS(=O)(=O)Cc1noc(-c2ccc(N)cn2)n1. The molecule has 2 aromatic heterocycles. The van der Waals surface area contributed by atoms with Crippen LogP contribution in [0.3, 0.4) is 0 Å². The van der Waals surface area contributed by atoms with Gasteiger partial charge < -0.3 is 10.3 Å². The van der Waals surface area contributed by atoms with E-state index in [1.165, 1.54) is 6.20 Å². The van der Waals surface area contributed by atoms with Crippen LogP contribution in [0.5, 0.6) is 0 Å². The summed E-state index contributed by atoms with van der Waals surface area (Å²) < 4.78 is 27.0. The third kappa shape index (κ3) is 3.00. The van der Waals surface area contributed by atoms with Gasteiger partial charge in [-0.1, -0.05) is 5.16 Å². The summed E-state index contributed by atoms with van der Waals surface area (Å²) >= 11 is 0. The Morgan fingerprint density at radius 2 is 2.18 bits per heavy atom. The lowest BCUT2D eigenvalue weighted by Gasteiger charge is -1.93. The number of hydrogen-bond acceptors (Lipinski definition) is 7. The molecule has 8 heteroatoms. The number of hydrogen-bond donors (Lipinski definition) is 1. The van der Waals surface area contributed by atoms with Crippen molar-refractivity contribution in [1.82, 2.24) is 15.1 Å². The summed E-state index contributed by atoms with van der Waals surface area (Å²) in [6.45, 7) is 0. The lowest BCUT2D eigenvalue weighted by atomic mass is 10.3. The van der Waals surface area contributed by atoms with Gasteiger partial charge in [0.25, 0.3) is 5.89 Å². The summed E-state index contributed by atoms with van der Waals surface area (Å²) in [5.41, 5.74) is 6.45. The zero-order chi connectivity index (χ0) is 12.5. The first-order valence-electron chi connectivity index (χ1n) is 4.66. The smallest absolute Gasteiger partial charge is 0.276 e. The first-order chi connectivity index (χ1) is 7.94. The summed E-state index contributed by atoms with van der Waals surface area (Å²) in [4.78, 5) is 7.92. The van der Waals surface area contributed by atoms with Crippen LogP contribution >= 0.6 is 0 Å². The average molecular weight is 254 g/mol. The number of nitrogens with two attached hydrogens (primary N) is 1. The highest BCUT2D eigenvalue weighted by Gasteiger charge is 2.13. The third-order valence-corrected chi connectivity index (χ3v) is 2.65. The van der Waals surface area contributed by atoms with Crippen molar-refractivity contribution in [3.05, 3.63) is 24.2 Å². The van der Waals surface area contributed by atoms with Gasteiger partial charge in [-0.2, -0.15) is 4.98 Å². The maximum Gasteiger partial charge on any atom is 0.276 e. The predicted molar refractivity (Wildman–Crippen MR) is 60.5 cm³/mol. The number of pyridine rings is 1. The second-order valence-electron chi connectivity index (χ2n) is 3.56. The molecule has 0 radical (unpaired) electrons. The van der Waals surface area contributed by atoms with Gasteiger partial charge in [0.05, 0.1) is 11.9 Å². The van der Waals surface area contributed by atoms with Gasteiger partial charge in [0, 0.05) is 6.26 Å². The molecule has 0 fully saturated rings. The van der Waals surface area contributed by atoms with E-state index in [9.17, 15) is 8.42 Å². The second-order valence-corrected chi connectivity index (χ2v) is 5.70. The highest BCUT2D eigenvalue weighted by atomic mass is 32.2. The summed E-state index contributed by atoms with van der Waals surface area (Å²) in [6.07, 6.45) is 2.56. The van der Waals surface area contributed by atoms with Crippen LogP contribution in [0.25, 0.3) is 11.6 Å². The Labute approximate surface area is 97.6 Å². The number of anilines is 1. The van der Waals surface area contributed by atoms with Crippen molar-refractivity contribution in [2.75, 3.05) is 12.0 Å². The molecule has 7 nitrogen and oxygen atoms in total. The first-order valence-corrected chi connectivity index (χ1v) is 6.72. The van der Waals surface area contributed by atoms with Crippen molar-refractivity contribution in [3.63, 3.8) is 0 Å². The fourth-order valence-corrected chi connectivity index (χ4v) is 1.77. The van der Waals surface area contributed by atoms with E-state index in [2.05, 4.69) is 15.1 Å². The van der Waals surface area contributed by atoms with Gasteiger partial charge in [0.1, 0.15) is 11.4 Å². The fraction of sp³-hybridized carbons (Fsp3) is 0.222. The summed E-state index contributed by atoms with van der Waals surface area (Å²) in [5.74, 6) is 0.0237. The van der Waals surface area contributed by atoms with Crippen molar-refractivity contribution in [3.8, 4) is 11.6 Å². The van der Waals surface area contributed by atoms with Crippen LogP contribution < -0.4 is 5.73 Å². The highest BCUT2D eigenvalue weighted by Crippen LogP contribution is 2.15. The van der Waals surface area contributed by atoms with Crippen LogP contribution in [-0.4, -0.2) is 29.8 Å². The molecule has 2 N–H and O–H groups in total. The normalized spacial score (nSPS) is 11.6. The van der Waals surface area contributed by atoms with Crippen LogP contribution in [0.15, 0.2) is 22.9 Å².